The van der Waals surface area contributed by atoms with Gasteiger partial charge in [-0.2, -0.15) is 5.10 Å². The van der Waals surface area contributed by atoms with Crippen LogP contribution in [0.5, 0.6) is 5.75 Å². The zero-order valence-electron chi connectivity index (χ0n) is 13.0. The maximum atomic E-state index is 12.1. The molecule has 0 spiro atoms. The number of benzene rings is 1. The first-order valence-corrected chi connectivity index (χ1v) is 7.03. The number of anilines is 1. The van der Waals surface area contributed by atoms with Gasteiger partial charge in [-0.25, -0.2) is 4.68 Å². The number of hydrogen-bond donors (Lipinski definition) is 1. The first-order valence-electron chi connectivity index (χ1n) is 7.03. The molecule has 134 valence electrons. The number of nitrogens with one attached hydrogen (secondary N) is 1. The van der Waals surface area contributed by atoms with Gasteiger partial charge in [-0.3, -0.25) is 9.59 Å². The van der Waals surface area contributed by atoms with Crippen LogP contribution in [0.1, 0.15) is 10.5 Å². The molecule has 0 atom stereocenters. The Hall–Kier alpha value is -2.88. The minimum absolute atomic E-state index is 0.0219. The Kier molecular flexibility index (Phi) is 5.75. The molecule has 0 fully saturated rings. The quantitative estimate of drug-likeness (QED) is 0.856. The molecule has 25 heavy (non-hydrogen) atoms. The van der Waals surface area contributed by atoms with E-state index in [1.807, 2.05) is 0 Å². The Morgan fingerprint density at radius 3 is 2.48 bits per heavy atom. The lowest BCUT2D eigenvalue weighted by molar-refractivity contribution is -0.274. The highest BCUT2D eigenvalue weighted by Gasteiger charge is 2.30. The van der Waals surface area contributed by atoms with Gasteiger partial charge in [-0.15, -0.1) is 13.2 Å². The van der Waals surface area contributed by atoms with Crippen LogP contribution >= 0.6 is 0 Å². The molecule has 1 heterocycles. The van der Waals surface area contributed by atoms with Gasteiger partial charge in [0.05, 0.1) is 13.2 Å². The van der Waals surface area contributed by atoms with Crippen LogP contribution in [0.25, 0.3) is 0 Å². The Morgan fingerprint density at radius 1 is 1.20 bits per heavy atom. The highest BCUT2D eigenvalue weighted by molar-refractivity contribution is 6.02. The second kappa shape index (κ2) is 7.79. The predicted molar refractivity (Wildman–Crippen MR) is 81.5 cm³/mol. The van der Waals surface area contributed by atoms with Gasteiger partial charge in [0.1, 0.15) is 11.4 Å². The summed E-state index contributed by atoms with van der Waals surface area (Å²) >= 11 is 0. The lowest BCUT2D eigenvalue weighted by atomic mass is 10.3. The third-order valence-electron chi connectivity index (χ3n) is 2.95. The molecule has 1 N–H and O–H groups in total. The largest absolute Gasteiger partial charge is 0.573 e. The van der Waals surface area contributed by atoms with Crippen LogP contribution in [-0.4, -0.2) is 35.8 Å². The molecule has 0 aliphatic heterocycles. The number of aromatic nitrogens is 2. The average Bonchev–Trinajstić information content (AvgIpc) is 2.54. The minimum Gasteiger partial charge on any atom is -0.406 e. The number of methoxy groups -OCH3 is 1. The first-order chi connectivity index (χ1) is 11.8. The fraction of sp³-hybridized carbons (Fsp3) is 0.267. The van der Waals surface area contributed by atoms with E-state index >= 15 is 0 Å². The van der Waals surface area contributed by atoms with E-state index in [1.54, 1.807) is 0 Å². The van der Waals surface area contributed by atoms with Crippen molar-refractivity contribution in [3.05, 3.63) is 52.4 Å². The summed E-state index contributed by atoms with van der Waals surface area (Å²) in [5.74, 6) is -1.02. The Bertz CT molecular complexity index is 788. The van der Waals surface area contributed by atoms with Crippen molar-refractivity contribution in [3.8, 4) is 5.75 Å². The Morgan fingerprint density at radius 2 is 1.88 bits per heavy atom. The van der Waals surface area contributed by atoms with Crippen LogP contribution in [0.2, 0.25) is 0 Å². The van der Waals surface area contributed by atoms with E-state index in [0.29, 0.717) is 0 Å². The third kappa shape index (κ3) is 5.60. The lowest BCUT2D eigenvalue weighted by Gasteiger charge is -2.10. The molecule has 1 aromatic heterocycles. The SMILES string of the molecule is COCCn1nc(C(=O)Nc2ccc(OC(F)(F)F)cc2)ccc1=O. The third-order valence-corrected chi connectivity index (χ3v) is 2.95. The van der Waals surface area contributed by atoms with Gasteiger partial charge in [-0.1, -0.05) is 0 Å². The summed E-state index contributed by atoms with van der Waals surface area (Å²) < 4.78 is 46.0. The van der Waals surface area contributed by atoms with Gasteiger partial charge in [0.2, 0.25) is 0 Å². The van der Waals surface area contributed by atoms with Crippen molar-refractivity contribution < 1.29 is 27.4 Å². The van der Waals surface area contributed by atoms with E-state index in [9.17, 15) is 22.8 Å². The van der Waals surface area contributed by atoms with Crippen molar-refractivity contribution in [2.45, 2.75) is 12.9 Å². The van der Waals surface area contributed by atoms with Crippen molar-refractivity contribution in [2.75, 3.05) is 19.0 Å². The molecule has 0 saturated heterocycles. The molecule has 0 radical (unpaired) electrons. The number of carbonyl (C=O) groups is 1. The van der Waals surface area contributed by atoms with Crippen LogP contribution in [0.15, 0.2) is 41.2 Å². The standard InChI is InChI=1S/C15H14F3N3O4/c1-24-9-8-21-13(22)7-6-12(20-21)14(23)19-10-2-4-11(5-3-10)25-15(16,17)18/h2-7H,8-9H2,1H3,(H,19,23). The topological polar surface area (TPSA) is 82.5 Å². The molecule has 2 rings (SSSR count). The Labute approximate surface area is 140 Å². The van der Waals surface area contributed by atoms with E-state index in [-0.39, 0.29) is 30.1 Å². The summed E-state index contributed by atoms with van der Waals surface area (Å²) in [5.41, 5.74) is -0.162. The highest BCUT2D eigenvalue weighted by Crippen LogP contribution is 2.24. The van der Waals surface area contributed by atoms with Gasteiger partial charge < -0.3 is 14.8 Å². The van der Waals surface area contributed by atoms with E-state index in [1.165, 1.54) is 31.4 Å². The second-order valence-electron chi connectivity index (χ2n) is 4.80. The van der Waals surface area contributed by atoms with E-state index in [0.717, 1.165) is 16.8 Å². The smallest absolute Gasteiger partial charge is 0.406 e. The van der Waals surface area contributed by atoms with E-state index in [2.05, 4.69) is 15.2 Å². The number of carbonyl (C=O) groups excluding carboxylic acids is 1. The monoisotopic (exact) mass is 357 g/mol. The summed E-state index contributed by atoms with van der Waals surface area (Å²) in [4.78, 5) is 23.8. The molecule has 0 saturated carbocycles. The molecule has 1 amide bonds. The lowest BCUT2D eigenvalue weighted by Crippen LogP contribution is -2.27. The van der Waals surface area contributed by atoms with Gasteiger partial charge in [0.25, 0.3) is 11.5 Å². The second-order valence-corrected chi connectivity index (χ2v) is 4.80. The number of rotatable bonds is 6. The summed E-state index contributed by atoms with van der Waals surface area (Å²) in [7, 11) is 1.47. The van der Waals surface area contributed by atoms with Crippen LogP contribution in [0.4, 0.5) is 18.9 Å². The van der Waals surface area contributed by atoms with Crippen molar-refractivity contribution >= 4 is 11.6 Å². The van der Waals surface area contributed by atoms with E-state index < -0.39 is 18.0 Å². The molecular formula is C15H14F3N3O4. The number of hydrogen-bond acceptors (Lipinski definition) is 5. The van der Waals surface area contributed by atoms with Crippen molar-refractivity contribution in [1.29, 1.82) is 0 Å². The first kappa shape index (κ1) is 18.5. The van der Waals surface area contributed by atoms with Gasteiger partial charge >= 0.3 is 6.36 Å². The molecule has 0 aliphatic rings. The summed E-state index contributed by atoms with van der Waals surface area (Å²) in [6.45, 7) is 0.429. The zero-order valence-corrected chi connectivity index (χ0v) is 13.0. The summed E-state index contributed by atoms with van der Waals surface area (Å²) in [6.07, 6.45) is -4.79. The molecule has 2 aromatic rings. The fourth-order valence-corrected chi connectivity index (χ4v) is 1.84. The predicted octanol–water partition coefficient (Wildman–Crippen LogP) is 2.04. The average molecular weight is 357 g/mol. The number of alkyl halides is 3. The van der Waals surface area contributed by atoms with Crippen LogP contribution < -0.4 is 15.6 Å². The normalized spacial score (nSPS) is 11.2. The number of halogens is 3. The summed E-state index contributed by atoms with van der Waals surface area (Å²) in [5, 5.41) is 6.38. The van der Waals surface area contributed by atoms with Gasteiger partial charge in [0, 0.05) is 18.9 Å². The van der Waals surface area contributed by atoms with Gasteiger partial charge in [-0.05, 0) is 30.3 Å². The molecule has 10 heteroatoms. The maximum absolute atomic E-state index is 12.1. The molecule has 0 aliphatic carbocycles. The molecule has 7 nitrogen and oxygen atoms in total. The zero-order chi connectivity index (χ0) is 18.4. The minimum atomic E-state index is -4.79. The van der Waals surface area contributed by atoms with Crippen LogP contribution in [0, 0.1) is 0 Å². The van der Waals surface area contributed by atoms with Crippen molar-refractivity contribution in [1.82, 2.24) is 9.78 Å². The fourth-order valence-electron chi connectivity index (χ4n) is 1.84. The van der Waals surface area contributed by atoms with E-state index in [4.69, 9.17) is 4.74 Å². The number of nitrogens with zero attached hydrogens (tertiary/aromatic N) is 2. The van der Waals surface area contributed by atoms with Crippen LogP contribution in [0.3, 0.4) is 0 Å². The van der Waals surface area contributed by atoms with Gasteiger partial charge in [0.15, 0.2) is 0 Å². The maximum Gasteiger partial charge on any atom is 0.573 e. The highest BCUT2D eigenvalue weighted by atomic mass is 19.4. The molecule has 0 unspecified atom stereocenters. The van der Waals surface area contributed by atoms with Crippen molar-refractivity contribution in [2.24, 2.45) is 0 Å². The number of amides is 1. The Balaban J connectivity index is 2.08. The number of ether oxygens (including phenoxy) is 2. The molecule has 0 bridgehead atoms. The van der Waals surface area contributed by atoms with Crippen molar-refractivity contribution in [3.63, 3.8) is 0 Å². The molecule has 1 aromatic carbocycles. The summed E-state index contributed by atoms with van der Waals surface area (Å²) in [6, 6.07) is 7.08. The molecular weight excluding hydrogens is 343 g/mol. The van der Waals surface area contributed by atoms with Crippen LogP contribution in [-0.2, 0) is 11.3 Å².